The van der Waals surface area contributed by atoms with Crippen molar-refractivity contribution in [1.82, 2.24) is 0 Å². The Kier molecular flexibility index (Phi) is 2.22. The van der Waals surface area contributed by atoms with E-state index < -0.39 is 0 Å². The van der Waals surface area contributed by atoms with E-state index in [1.807, 2.05) is 18.2 Å². The topological polar surface area (TPSA) is 3.24 Å². The predicted molar refractivity (Wildman–Crippen MR) is 66.9 cm³/mol. The van der Waals surface area contributed by atoms with E-state index >= 15 is 0 Å². The maximum absolute atomic E-state index is 3.11. The SMILES string of the molecule is [c]1cccc(N2C=Cc3ccccc3C2)c1. The third-order valence-electron chi connectivity index (χ3n) is 2.85. The molecule has 1 nitrogen and oxygen atoms in total. The predicted octanol–water partition coefficient (Wildman–Crippen LogP) is 3.48. The van der Waals surface area contributed by atoms with Gasteiger partial charge in [0.25, 0.3) is 0 Å². The van der Waals surface area contributed by atoms with Crippen LogP contribution in [0.15, 0.2) is 54.7 Å². The molecule has 77 valence electrons. The van der Waals surface area contributed by atoms with Crippen LogP contribution in [0.4, 0.5) is 5.69 Å². The summed E-state index contributed by atoms with van der Waals surface area (Å²) in [6, 6.07) is 19.7. The lowest BCUT2D eigenvalue weighted by atomic mass is 10.0. The average molecular weight is 206 g/mol. The van der Waals surface area contributed by atoms with Crippen molar-refractivity contribution in [2.75, 3.05) is 4.90 Å². The monoisotopic (exact) mass is 206 g/mol. The first-order valence-electron chi connectivity index (χ1n) is 5.42. The molecule has 1 aliphatic rings. The smallest absolute Gasteiger partial charge is 0.0481 e. The molecule has 0 fully saturated rings. The van der Waals surface area contributed by atoms with Crippen LogP contribution in [0.5, 0.6) is 0 Å². The molecule has 0 N–H and O–H groups in total. The first-order chi connectivity index (χ1) is 7.93. The summed E-state index contributed by atoms with van der Waals surface area (Å²) in [5, 5.41) is 0. The second-order valence-corrected chi connectivity index (χ2v) is 3.90. The Morgan fingerprint density at radius 1 is 1.06 bits per heavy atom. The van der Waals surface area contributed by atoms with E-state index in [-0.39, 0.29) is 0 Å². The van der Waals surface area contributed by atoms with Crippen LogP contribution in [-0.4, -0.2) is 0 Å². The van der Waals surface area contributed by atoms with Crippen molar-refractivity contribution in [3.8, 4) is 0 Å². The van der Waals surface area contributed by atoms with Crippen molar-refractivity contribution >= 4 is 11.8 Å². The maximum Gasteiger partial charge on any atom is 0.0481 e. The highest BCUT2D eigenvalue weighted by atomic mass is 15.1. The van der Waals surface area contributed by atoms with Crippen LogP contribution in [0, 0.1) is 6.07 Å². The molecule has 2 aromatic carbocycles. The summed E-state index contributed by atoms with van der Waals surface area (Å²) in [7, 11) is 0. The molecule has 0 bridgehead atoms. The fourth-order valence-corrected chi connectivity index (χ4v) is 1.99. The maximum atomic E-state index is 3.11. The molecular weight excluding hydrogens is 194 g/mol. The van der Waals surface area contributed by atoms with Gasteiger partial charge in [-0.3, -0.25) is 0 Å². The van der Waals surface area contributed by atoms with E-state index in [4.69, 9.17) is 0 Å². The highest BCUT2D eigenvalue weighted by Crippen LogP contribution is 2.24. The van der Waals surface area contributed by atoms with Gasteiger partial charge < -0.3 is 4.90 Å². The first-order valence-corrected chi connectivity index (χ1v) is 5.42. The Morgan fingerprint density at radius 3 is 2.88 bits per heavy atom. The second kappa shape index (κ2) is 3.86. The van der Waals surface area contributed by atoms with Gasteiger partial charge in [0.15, 0.2) is 0 Å². The van der Waals surface area contributed by atoms with Gasteiger partial charge in [-0.15, -0.1) is 0 Å². The van der Waals surface area contributed by atoms with Gasteiger partial charge in [0.2, 0.25) is 0 Å². The highest BCUT2D eigenvalue weighted by molar-refractivity contribution is 5.63. The minimum absolute atomic E-state index is 0.935. The fraction of sp³-hybridized carbons (Fsp3) is 0.0667. The molecule has 0 aromatic heterocycles. The Morgan fingerprint density at radius 2 is 2.00 bits per heavy atom. The van der Waals surface area contributed by atoms with Gasteiger partial charge in [0.05, 0.1) is 0 Å². The third kappa shape index (κ3) is 1.61. The van der Waals surface area contributed by atoms with E-state index in [2.05, 4.69) is 53.6 Å². The van der Waals surface area contributed by atoms with Gasteiger partial charge in [-0.2, -0.15) is 0 Å². The largest absolute Gasteiger partial charge is 0.343 e. The van der Waals surface area contributed by atoms with Crippen LogP contribution in [0.3, 0.4) is 0 Å². The number of anilines is 1. The molecule has 1 heterocycles. The lowest BCUT2D eigenvalue weighted by molar-refractivity contribution is 0.954. The molecule has 0 saturated carbocycles. The van der Waals surface area contributed by atoms with Crippen molar-refractivity contribution in [3.05, 3.63) is 71.9 Å². The highest BCUT2D eigenvalue weighted by Gasteiger charge is 2.10. The Balaban J connectivity index is 1.95. The van der Waals surface area contributed by atoms with E-state index in [9.17, 15) is 0 Å². The van der Waals surface area contributed by atoms with E-state index in [0.717, 1.165) is 6.54 Å². The Hall–Kier alpha value is -2.02. The van der Waals surface area contributed by atoms with Gasteiger partial charge in [-0.25, -0.2) is 0 Å². The molecule has 0 saturated heterocycles. The molecule has 1 heteroatoms. The number of fused-ring (bicyclic) bond motifs is 1. The lowest BCUT2D eigenvalue weighted by Gasteiger charge is -2.25. The van der Waals surface area contributed by atoms with Crippen LogP contribution in [-0.2, 0) is 6.54 Å². The summed E-state index contributed by atoms with van der Waals surface area (Å²) >= 11 is 0. The molecule has 0 unspecified atom stereocenters. The summed E-state index contributed by atoms with van der Waals surface area (Å²) in [5.74, 6) is 0. The second-order valence-electron chi connectivity index (χ2n) is 3.90. The quantitative estimate of drug-likeness (QED) is 0.690. The molecule has 1 aliphatic heterocycles. The summed E-state index contributed by atoms with van der Waals surface area (Å²) in [4.78, 5) is 2.23. The van der Waals surface area contributed by atoms with Crippen molar-refractivity contribution in [3.63, 3.8) is 0 Å². The molecular formula is C15H12N. The molecule has 0 amide bonds. The molecule has 3 rings (SSSR count). The van der Waals surface area contributed by atoms with E-state index in [1.165, 1.54) is 16.8 Å². The standard InChI is InChI=1S/C15H12N/c1-2-8-15(9-3-1)16-11-10-13-6-4-5-7-14(13)12-16/h1-2,4-11H,12H2. The first kappa shape index (κ1) is 9.22. The van der Waals surface area contributed by atoms with Gasteiger partial charge >= 0.3 is 0 Å². The molecule has 0 aliphatic carbocycles. The van der Waals surface area contributed by atoms with Gasteiger partial charge in [-0.05, 0) is 35.4 Å². The fourth-order valence-electron chi connectivity index (χ4n) is 1.99. The van der Waals surface area contributed by atoms with Crippen molar-refractivity contribution in [1.29, 1.82) is 0 Å². The van der Waals surface area contributed by atoms with Gasteiger partial charge in [0.1, 0.15) is 0 Å². The van der Waals surface area contributed by atoms with Crippen LogP contribution in [0.2, 0.25) is 0 Å². The van der Waals surface area contributed by atoms with Crippen LogP contribution in [0.1, 0.15) is 11.1 Å². The summed E-state index contributed by atoms with van der Waals surface area (Å²) in [6.07, 6.45) is 4.29. The van der Waals surface area contributed by atoms with Crippen LogP contribution < -0.4 is 4.90 Å². The summed E-state index contributed by atoms with van der Waals surface area (Å²) in [5.41, 5.74) is 3.88. The van der Waals surface area contributed by atoms with Crippen LogP contribution in [0.25, 0.3) is 6.08 Å². The lowest BCUT2D eigenvalue weighted by Crippen LogP contribution is -2.18. The zero-order valence-corrected chi connectivity index (χ0v) is 8.93. The zero-order valence-electron chi connectivity index (χ0n) is 8.93. The molecule has 2 aromatic rings. The van der Waals surface area contributed by atoms with E-state index in [0.29, 0.717) is 0 Å². The summed E-state index contributed by atoms with van der Waals surface area (Å²) in [6.45, 7) is 0.935. The minimum atomic E-state index is 0.935. The van der Waals surface area contributed by atoms with E-state index in [1.54, 1.807) is 0 Å². The number of rotatable bonds is 1. The van der Waals surface area contributed by atoms with Crippen molar-refractivity contribution in [2.24, 2.45) is 0 Å². The Labute approximate surface area is 95.6 Å². The molecule has 0 atom stereocenters. The normalized spacial score (nSPS) is 13.6. The number of benzene rings is 2. The third-order valence-corrected chi connectivity index (χ3v) is 2.85. The minimum Gasteiger partial charge on any atom is -0.343 e. The number of hydrogen-bond acceptors (Lipinski definition) is 1. The van der Waals surface area contributed by atoms with Crippen molar-refractivity contribution in [2.45, 2.75) is 6.54 Å². The Bertz CT molecular complexity index is 514. The average Bonchev–Trinajstić information content (AvgIpc) is 2.39. The van der Waals surface area contributed by atoms with Gasteiger partial charge in [-0.1, -0.05) is 36.4 Å². The molecule has 1 radical (unpaired) electrons. The van der Waals surface area contributed by atoms with Crippen LogP contribution >= 0.6 is 0 Å². The number of nitrogens with zero attached hydrogens (tertiary/aromatic N) is 1. The van der Waals surface area contributed by atoms with Gasteiger partial charge in [0, 0.05) is 18.4 Å². The van der Waals surface area contributed by atoms with Crippen molar-refractivity contribution < 1.29 is 0 Å². The number of hydrogen-bond donors (Lipinski definition) is 0. The zero-order chi connectivity index (χ0) is 10.8. The molecule has 16 heavy (non-hydrogen) atoms. The molecule has 0 spiro atoms. The summed E-state index contributed by atoms with van der Waals surface area (Å²) < 4.78 is 0.